The molecule has 2 heterocycles. The minimum atomic E-state index is -4.60. The van der Waals surface area contributed by atoms with E-state index >= 15 is 0 Å². The minimum absolute atomic E-state index is 0.0945. The summed E-state index contributed by atoms with van der Waals surface area (Å²) in [5.74, 6) is -0.462. The van der Waals surface area contributed by atoms with Crippen molar-refractivity contribution in [1.29, 1.82) is 0 Å². The molecule has 4 rings (SSSR count). The van der Waals surface area contributed by atoms with Crippen molar-refractivity contribution in [2.45, 2.75) is 19.7 Å². The zero-order valence-electron chi connectivity index (χ0n) is 14.1. The van der Waals surface area contributed by atoms with Crippen LogP contribution in [0.4, 0.5) is 13.2 Å². The van der Waals surface area contributed by atoms with Crippen LogP contribution < -0.4 is 4.74 Å². The first-order valence-electron chi connectivity index (χ1n) is 7.98. The van der Waals surface area contributed by atoms with Crippen molar-refractivity contribution in [2.75, 3.05) is 0 Å². The van der Waals surface area contributed by atoms with E-state index in [1.54, 1.807) is 24.3 Å². The summed E-state index contributed by atoms with van der Waals surface area (Å²) in [5.41, 5.74) is 2.92. The highest BCUT2D eigenvalue weighted by molar-refractivity contribution is 7.19. The molecule has 0 fully saturated rings. The topological polar surface area (TPSA) is 52.3 Å². The predicted molar refractivity (Wildman–Crippen MR) is 94.6 cm³/mol. The highest BCUT2D eigenvalue weighted by Crippen LogP contribution is 2.32. The van der Waals surface area contributed by atoms with Crippen molar-refractivity contribution in [1.82, 2.24) is 19.8 Å². The highest BCUT2D eigenvalue weighted by Gasteiger charge is 2.38. The van der Waals surface area contributed by atoms with Gasteiger partial charge in [-0.3, -0.25) is 0 Å². The molecule has 0 aliphatic carbocycles. The average molecular weight is 390 g/mol. The number of benzene rings is 2. The molecular formula is C18H13F3N4OS. The van der Waals surface area contributed by atoms with Gasteiger partial charge in [-0.1, -0.05) is 41.2 Å². The molecule has 138 valence electrons. The maximum absolute atomic E-state index is 12.9. The van der Waals surface area contributed by atoms with Crippen molar-refractivity contribution in [3.8, 4) is 16.3 Å². The normalized spacial score (nSPS) is 11.9. The Kier molecular flexibility index (Phi) is 4.31. The summed E-state index contributed by atoms with van der Waals surface area (Å²) in [6, 6.07) is 15.1. The van der Waals surface area contributed by atoms with Gasteiger partial charge in [0, 0.05) is 5.56 Å². The Balaban J connectivity index is 1.51. The third-order valence-corrected chi connectivity index (χ3v) is 4.82. The fourth-order valence-corrected chi connectivity index (χ4v) is 3.30. The third kappa shape index (κ3) is 3.63. The van der Waals surface area contributed by atoms with Gasteiger partial charge < -0.3 is 4.74 Å². The van der Waals surface area contributed by atoms with E-state index in [0.29, 0.717) is 22.9 Å². The number of rotatable bonds is 4. The van der Waals surface area contributed by atoms with Gasteiger partial charge in [-0.2, -0.15) is 22.8 Å². The van der Waals surface area contributed by atoms with Gasteiger partial charge in [-0.05, 0) is 36.8 Å². The number of halogens is 3. The van der Waals surface area contributed by atoms with Crippen molar-refractivity contribution in [2.24, 2.45) is 0 Å². The number of hydrogen-bond donors (Lipinski definition) is 0. The molecule has 27 heavy (non-hydrogen) atoms. The summed E-state index contributed by atoms with van der Waals surface area (Å²) in [6.45, 7) is 2.46. The van der Waals surface area contributed by atoms with Gasteiger partial charge in [-0.15, -0.1) is 10.2 Å². The summed E-state index contributed by atoms with van der Waals surface area (Å²) < 4.78 is 45.1. The number of alkyl halides is 3. The Morgan fingerprint density at radius 2 is 1.70 bits per heavy atom. The van der Waals surface area contributed by atoms with Gasteiger partial charge >= 0.3 is 6.18 Å². The van der Waals surface area contributed by atoms with Gasteiger partial charge in [-0.25, -0.2) is 0 Å². The second kappa shape index (κ2) is 6.66. The van der Waals surface area contributed by atoms with Gasteiger partial charge in [0.1, 0.15) is 17.4 Å². The van der Waals surface area contributed by atoms with Crippen LogP contribution in [0.3, 0.4) is 0 Å². The van der Waals surface area contributed by atoms with E-state index in [9.17, 15) is 13.2 Å². The molecule has 0 saturated carbocycles. The van der Waals surface area contributed by atoms with Crippen molar-refractivity contribution >= 4 is 16.3 Å². The Hall–Kier alpha value is -2.94. The van der Waals surface area contributed by atoms with Gasteiger partial charge in [0.2, 0.25) is 4.96 Å². The molecule has 5 nitrogen and oxygen atoms in total. The number of hydrogen-bond acceptors (Lipinski definition) is 5. The SMILES string of the molecule is Cc1ccc(COc2ccc(-c3nn4c(C(F)(F)F)nnc4s3)cc2)cc1. The summed E-state index contributed by atoms with van der Waals surface area (Å²) in [5, 5.41) is 11.1. The van der Waals surface area contributed by atoms with Crippen LogP contribution in [0, 0.1) is 6.92 Å². The summed E-state index contributed by atoms with van der Waals surface area (Å²) >= 11 is 1.04. The molecule has 0 aliphatic rings. The lowest BCUT2D eigenvalue weighted by Gasteiger charge is -2.07. The lowest BCUT2D eigenvalue weighted by molar-refractivity contribution is -0.146. The zero-order chi connectivity index (χ0) is 19.0. The van der Waals surface area contributed by atoms with Crippen LogP contribution in [0.1, 0.15) is 17.0 Å². The molecular weight excluding hydrogens is 377 g/mol. The van der Waals surface area contributed by atoms with Crippen LogP contribution >= 0.6 is 11.3 Å². The van der Waals surface area contributed by atoms with Gasteiger partial charge in [0.05, 0.1) is 0 Å². The van der Waals surface area contributed by atoms with E-state index in [2.05, 4.69) is 15.3 Å². The molecule has 9 heteroatoms. The molecule has 0 amide bonds. The van der Waals surface area contributed by atoms with Crippen LogP contribution in [-0.4, -0.2) is 19.8 Å². The molecule has 2 aromatic heterocycles. The number of aryl methyl sites for hydroxylation is 1. The molecule has 0 unspecified atom stereocenters. The van der Waals surface area contributed by atoms with E-state index in [-0.39, 0.29) is 4.96 Å². The van der Waals surface area contributed by atoms with Gasteiger partial charge in [0.25, 0.3) is 5.82 Å². The molecule has 0 N–H and O–H groups in total. The van der Waals surface area contributed by atoms with Crippen LogP contribution in [-0.2, 0) is 12.8 Å². The van der Waals surface area contributed by atoms with Gasteiger partial charge in [0.15, 0.2) is 0 Å². The molecule has 4 aromatic rings. The molecule has 0 radical (unpaired) electrons. The summed E-state index contributed by atoms with van der Waals surface area (Å²) in [7, 11) is 0. The maximum atomic E-state index is 12.9. The van der Waals surface area contributed by atoms with Crippen LogP contribution in [0.5, 0.6) is 5.75 Å². The Morgan fingerprint density at radius 3 is 2.37 bits per heavy atom. The number of aromatic nitrogens is 4. The average Bonchev–Trinajstić information content (AvgIpc) is 3.21. The second-order valence-corrected chi connectivity index (χ2v) is 6.88. The van der Waals surface area contributed by atoms with E-state index in [1.165, 1.54) is 5.56 Å². The Labute approximate surface area is 156 Å². The second-order valence-electron chi connectivity index (χ2n) is 5.92. The predicted octanol–water partition coefficient (Wildman–Crippen LogP) is 4.76. The van der Waals surface area contributed by atoms with Crippen LogP contribution in [0.15, 0.2) is 48.5 Å². The molecule has 0 bridgehead atoms. The van der Waals surface area contributed by atoms with Crippen molar-refractivity contribution in [3.63, 3.8) is 0 Å². The number of ether oxygens (including phenoxy) is 1. The number of nitrogens with zero attached hydrogens (tertiary/aromatic N) is 4. The highest BCUT2D eigenvalue weighted by atomic mass is 32.1. The first kappa shape index (κ1) is 17.5. The Bertz CT molecular complexity index is 1070. The first-order valence-corrected chi connectivity index (χ1v) is 8.80. The molecule has 2 aromatic carbocycles. The standard InChI is InChI=1S/C18H13F3N4OS/c1-11-2-4-12(5-3-11)10-26-14-8-6-13(7-9-14)15-24-25-16(18(19,20)21)22-23-17(25)27-15/h2-9H,10H2,1H3. The minimum Gasteiger partial charge on any atom is -0.489 e. The van der Waals surface area contributed by atoms with Crippen molar-refractivity contribution < 1.29 is 17.9 Å². The van der Waals surface area contributed by atoms with Crippen LogP contribution in [0.25, 0.3) is 15.5 Å². The molecule has 0 atom stereocenters. The lowest BCUT2D eigenvalue weighted by atomic mass is 10.2. The first-order chi connectivity index (χ1) is 12.9. The smallest absolute Gasteiger partial charge is 0.453 e. The maximum Gasteiger partial charge on any atom is 0.453 e. The summed E-state index contributed by atoms with van der Waals surface area (Å²) in [4.78, 5) is 0.0945. The van der Waals surface area contributed by atoms with Crippen molar-refractivity contribution in [3.05, 3.63) is 65.5 Å². The van der Waals surface area contributed by atoms with Crippen LogP contribution in [0.2, 0.25) is 0 Å². The van der Waals surface area contributed by atoms with E-state index in [0.717, 1.165) is 21.4 Å². The van der Waals surface area contributed by atoms with E-state index in [1.807, 2.05) is 31.2 Å². The molecule has 0 spiro atoms. The zero-order valence-corrected chi connectivity index (χ0v) is 14.9. The van der Waals surface area contributed by atoms with E-state index < -0.39 is 12.0 Å². The molecule has 0 aliphatic heterocycles. The monoisotopic (exact) mass is 390 g/mol. The van der Waals surface area contributed by atoms with E-state index in [4.69, 9.17) is 4.74 Å². The Morgan fingerprint density at radius 1 is 1.00 bits per heavy atom. The fourth-order valence-electron chi connectivity index (χ4n) is 2.46. The third-order valence-electron chi connectivity index (χ3n) is 3.87. The fraction of sp³-hybridized carbons (Fsp3) is 0.167. The number of fused-ring (bicyclic) bond motifs is 1. The largest absolute Gasteiger partial charge is 0.489 e. The quantitative estimate of drug-likeness (QED) is 0.504. The summed E-state index contributed by atoms with van der Waals surface area (Å²) in [6.07, 6.45) is -4.60. The molecule has 0 saturated heterocycles. The lowest BCUT2D eigenvalue weighted by Crippen LogP contribution is -2.11.